The summed E-state index contributed by atoms with van der Waals surface area (Å²) in [4.78, 5) is 27.9. The van der Waals surface area contributed by atoms with Gasteiger partial charge in [-0.3, -0.25) is 0 Å². The zero-order valence-electron chi connectivity index (χ0n) is 12.2. The van der Waals surface area contributed by atoms with Crippen molar-refractivity contribution in [1.82, 2.24) is 15.1 Å². The van der Waals surface area contributed by atoms with Crippen molar-refractivity contribution in [3.05, 3.63) is 0 Å². The normalized spacial score (nSPS) is 23.9. The van der Waals surface area contributed by atoms with Crippen LogP contribution in [0.15, 0.2) is 0 Å². The van der Waals surface area contributed by atoms with E-state index >= 15 is 0 Å². The van der Waals surface area contributed by atoms with Gasteiger partial charge in [0.1, 0.15) is 5.54 Å². The van der Waals surface area contributed by atoms with E-state index in [4.69, 9.17) is 0 Å². The Bertz CT molecular complexity index is 357. The first-order chi connectivity index (χ1) is 9.53. The molecule has 0 atom stereocenters. The maximum Gasteiger partial charge on any atom is 0.329 e. The Morgan fingerprint density at radius 2 is 1.55 bits per heavy atom. The zero-order valence-corrected chi connectivity index (χ0v) is 12.2. The molecular weight excluding hydrogens is 258 g/mol. The van der Waals surface area contributed by atoms with Crippen LogP contribution in [0.4, 0.5) is 4.79 Å². The van der Waals surface area contributed by atoms with Crippen LogP contribution in [0.3, 0.4) is 0 Å². The van der Waals surface area contributed by atoms with Crippen LogP contribution in [0.2, 0.25) is 0 Å². The minimum atomic E-state index is -1.06. The van der Waals surface area contributed by atoms with E-state index in [1.54, 1.807) is 4.90 Å². The summed E-state index contributed by atoms with van der Waals surface area (Å²) in [5.41, 5.74) is -1.06. The van der Waals surface area contributed by atoms with E-state index in [9.17, 15) is 14.7 Å². The van der Waals surface area contributed by atoms with E-state index in [1.165, 1.54) is 0 Å². The van der Waals surface area contributed by atoms with Crippen LogP contribution < -0.4 is 5.32 Å². The van der Waals surface area contributed by atoms with Gasteiger partial charge in [0.05, 0.1) is 0 Å². The van der Waals surface area contributed by atoms with Crippen molar-refractivity contribution in [2.45, 2.75) is 44.1 Å². The number of rotatable bonds is 2. The quantitative estimate of drug-likeness (QED) is 0.745. The van der Waals surface area contributed by atoms with Crippen molar-refractivity contribution in [1.29, 1.82) is 0 Å². The second-order valence-electron chi connectivity index (χ2n) is 6.02. The number of likely N-dealkylation sites (N-methyl/N-ethyl adjacent to an activating group) is 1. The largest absolute Gasteiger partial charge is 0.480 e. The van der Waals surface area contributed by atoms with Gasteiger partial charge in [-0.15, -0.1) is 0 Å². The van der Waals surface area contributed by atoms with Gasteiger partial charge in [0.15, 0.2) is 0 Å². The van der Waals surface area contributed by atoms with E-state index < -0.39 is 11.5 Å². The molecule has 0 aromatic rings. The molecule has 0 bridgehead atoms. The number of nitrogens with one attached hydrogen (secondary N) is 1. The van der Waals surface area contributed by atoms with Gasteiger partial charge in [-0.05, 0) is 19.9 Å². The predicted octanol–water partition coefficient (Wildman–Crippen LogP) is 1.12. The molecule has 0 radical (unpaired) electrons. The Balaban J connectivity index is 2.00. The predicted molar refractivity (Wildman–Crippen MR) is 75.7 cm³/mol. The van der Waals surface area contributed by atoms with Gasteiger partial charge < -0.3 is 20.2 Å². The summed E-state index contributed by atoms with van der Waals surface area (Å²) in [7, 11) is 2.03. The second kappa shape index (κ2) is 6.43. The summed E-state index contributed by atoms with van der Waals surface area (Å²) in [5, 5.41) is 12.4. The molecule has 2 rings (SSSR count). The second-order valence-corrected chi connectivity index (χ2v) is 6.02. The van der Waals surface area contributed by atoms with Crippen molar-refractivity contribution >= 4 is 12.0 Å². The van der Waals surface area contributed by atoms with Crippen LogP contribution in [0, 0.1) is 0 Å². The highest BCUT2D eigenvalue weighted by atomic mass is 16.4. The fourth-order valence-electron chi connectivity index (χ4n) is 3.02. The van der Waals surface area contributed by atoms with Crippen molar-refractivity contribution in [3.8, 4) is 0 Å². The molecule has 6 nitrogen and oxygen atoms in total. The molecule has 0 unspecified atom stereocenters. The number of piperazine rings is 1. The number of amides is 2. The Morgan fingerprint density at radius 1 is 1.00 bits per heavy atom. The summed E-state index contributed by atoms with van der Waals surface area (Å²) in [6, 6.07) is -0.220. The number of hydrogen-bond acceptors (Lipinski definition) is 3. The van der Waals surface area contributed by atoms with Crippen molar-refractivity contribution in [3.63, 3.8) is 0 Å². The molecule has 0 spiro atoms. The van der Waals surface area contributed by atoms with Gasteiger partial charge in [-0.2, -0.15) is 0 Å². The van der Waals surface area contributed by atoms with E-state index in [-0.39, 0.29) is 6.03 Å². The third-order valence-electron chi connectivity index (χ3n) is 4.50. The van der Waals surface area contributed by atoms with Crippen LogP contribution in [0.25, 0.3) is 0 Å². The molecule has 2 fully saturated rings. The Morgan fingerprint density at radius 3 is 2.05 bits per heavy atom. The standard InChI is InChI=1S/C14H25N3O3/c1-16-8-10-17(11-9-16)13(20)15-14(12(18)19)6-4-2-3-5-7-14/h2-11H2,1H3,(H,15,20)(H,18,19). The smallest absolute Gasteiger partial charge is 0.329 e. The van der Waals surface area contributed by atoms with Crippen LogP contribution in [-0.2, 0) is 4.79 Å². The maximum absolute atomic E-state index is 12.3. The van der Waals surface area contributed by atoms with Crippen LogP contribution in [0.1, 0.15) is 38.5 Å². The highest BCUT2D eigenvalue weighted by molar-refractivity contribution is 5.86. The van der Waals surface area contributed by atoms with E-state index in [0.29, 0.717) is 25.9 Å². The number of carbonyl (C=O) groups excluding carboxylic acids is 1. The van der Waals surface area contributed by atoms with E-state index in [1.807, 2.05) is 7.05 Å². The monoisotopic (exact) mass is 283 g/mol. The highest BCUT2D eigenvalue weighted by Crippen LogP contribution is 2.27. The fourth-order valence-corrected chi connectivity index (χ4v) is 3.02. The van der Waals surface area contributed by atoms with Crippen molar-refractivity contribution in [2.24, 2.45) is 0 Å². The topological polar surface area (TPSA) is 72.9 Å². The average Bonchev–Trinajstić information content (AvgIpc) is 2.66. The summed E-state index contributed by atoms with van der Waals surface area (Å²) >= 11 is 0. The number of hydrogen-bond donors (Lipinski definition) is 2. The van der Waals surface area contributed by atoms with E-state index in [0.717, 1.165) is 38.8 Å². The van der Waals surface area contributed by atoms with Crippen LogP contribution in [0.5, 0.6) is 0 Å². The summed E-state index contributed by atoms with van der Waals surface area (Å²) < 4.78 is 0. The number of carbonyl (C=O) groups is 2. The number of carboxylic acid groups (broad SMARTS) is 1. The lowest BCUT2D eigenvalue weighted by molar-refractivity contribution is -0.145. The lowest BCUT2D eigenvalue weighted by Gasteiger charge is -2.36. The van der Waals surface area contributed by atoms with Gasteiger partial charge in [0.25, 0.3) is 0 Å². The molecule has 1 aliphatic heterocycles. The molecule has 6 heteroatoms. The molecule has 20 heavy (non-hydrogen) atoms. The van der Waals surface area contributed by atoms with Crippen LogP contribution >= 0.6 is 0 Å². The van der Waals surface area contributed by atoms with Gasteiger partial charge in [0, 0.05) is 26.2 Å². The molecule has 0 aromatic carbocycles. The Hall–Kier alpha value is -1.30. The van der Waals surface area contributed by atoms with Crippen LogP contribution in [-0.4, -0.2) is 65.7 Å². The third kappa shape index (κ3) is 3.42. The van der Waals surface area contributed by atoms with Crippen molar-refractivity contribution < 1.29 is 14.7 Å². The molecule has 0 aromatic heterocycles. The SMILES string of the molecule is CN1CCN(C(=O)NC2(C(=O)O)CCCCCC2)CC1. The van der Waals surface area contributed by atoms with Gasteiger partial charge in [0.2, 0.25) is 0 Å². The molecule has 114 valence electrons. The van der Waals surface area contributed by atoms with Gasteiger partial charge in [-0.1, -0.05) is 25.7 Å². The highest BCUT2D eigenvalue weighted by Gasteiger charge is 2.41. The molecule has 1 heterocycles. The molecule has 1 aliphatic carbocycles. The lowest BCUT2D eigenvalue weighted by atomic mass is 9.90. The van der Waals surface area contributed by atoms with Gasteiger partial charge in [-0.25, -0.2) is 9.59 Å². The lowest BCUT2D eigenvalue weighted by Crippen LogP contribution is -2.60. The summed E-state index contributed by atoms with van der Waals surface area (Å²) in [6.45, 7) is 3.01. The van der Waals surface area contributed by atoms with E-state index in [2.05, 4.69) is 10.2 Å². The first kappa shape index (κ1) is 15.1. The zero-order chi connectivity index (χ0) is 14.6. The first-order valence-electron chi connectivity index (χ1n) is 7.52. The van der Waals surface area contributed by atoms with Crippen molar-refractivity contribution in [2.75, 3.05) is 33.2 Å². The molecule has 2 amide bonds. The average molecular weight is 283 g/mol. The van der Waals surface area contributed by atoms with Gasteiger partial charge >= 0.3 is 12.0 Å². The maximum atomic E-state index is 12.3. The molecule has 1 saturated carbocycles. The molecule has 1 saturated heterocycles. The molecule has 2 aliphatic rings. The molecular formula is C14H25N3O3. The third-order valence-corrected chi connectivity index (χ3v) is 4.50. The fraction of sp³-hybridized carbons (Fsp3) is 0.857. The first-order valence-corrected chi connectivity index (χ1v) is 7.52. The summed E-state index contributed by atoms with van der Waals surface area (Å²) in [6.07, 6.45) is 4.94. The minimum absolute atomic E-state index is 0.220. The Kier molecular flexibility index (Phi) is 4.86. The number of nitrogens with zero attached hydrogens (tertiary/aromatic N) is 2. The number of carboxylic acids is 1. The number of aliphatic carboxylic acids is 1. The minimum Gasteiger partial charge on any atom is -0.480 e. The number of urea groups is 1. The molecule has 2 N–H and O–H groups in total. The Labute approximate surface area is 120 Å². The summed E-state index contributed by atoms with van der Waals surface area (Å²) in [5.74, 6) is -0.887.